The van der Waals surface area contributed by atoms with Gasteiger partial charge in [-0.1, -0.05) is 23.7 Å². The van der Waals surface area contributed by atoms with E-state index in [0.717, 1.165) is 0 Å². The highest BCUT2D eigenvalue weighted by atomic mass is 35.5. The van der Waals surface area contributed by atoms with Gasteiger partial charge in [0.05, 0.1) is 16.8 Å². The van der Waals surface area contributed by atoms with Gasteiger partial charge in [-0.05, 0) is 17.7 Å². The minimum absolute atomic E-state index is 0.0692. The summed E-state index contributed by atoms with van der Waals surface area (Å²) < 4.78 is 15.2. The van der Waals surface area contributed by atoms with E-state index in [4.69, 9.17) is 11.6 Å². The van der Waals surface area contributed by atoms with Gasteiger partial charge < -0.3 is 5.11 Å². The highest BCUT2D eigenvalue weighted by Gasteiger charge is 2.15. The van der Waals surface area contributed by atoms with Crippen LogP contribution in [0.5, 0.6) is 0 Å². The van der Waals surface area contributed by atoms with Crippen LogP contribution in [0.15, 0.2) is 30.5 Å². The van der Waals surface area contributed by atoms with Crippen molar-refractivity contribution in [2.75, 3.05) is 0 Å². The van der Waals surface area contributed by atoms with E-state index in [0.29, 0.717) is 11.3 Å². The first-order valence-electron chi connectivity index (χ1n) is 5.18. The van der Waals surface area contributed by atoms with Crippen molar-refractivity contribution >= 4 is 11.6 Å². The normalized spacial score (nSPS) is 12.7. The Bertz CT molecular complexity index is 527. The maximum atomic E-state index is 13.6. The second-order valence-electron chi connectivity index (χ2n) is 3.81. The van der Waals surface area contributed by atoms with E-state index >= 15 is 0 Å². The Morgan fingerprint density at radius 2 is 2.24 bits per heavy atom. The van der Waals surface area contributed by atoms with Gasteiger partial charge in [0, 0.05) is 19.7 Å². The molecule has 0 amide bonds. The number of halogens is 2. The molecule has 1 unspecified atom stereocenters. The Balaban J connectivity index is 2.22. The van der Waals surface area contributed by atoms with Crippen molar-refractivity contribution in [2.45, 2.75) is 12.5 Å². The second-order valence-corrected chi connectivity index (χ2v) is 4.22. The zero-order valence-electron chi connectivity index (χ0n) is 9.27. The molecular weight excluding hydrogens is 243 g/mol. The number of hydrogen-bond acceptors (Lipinski definition) is 2. The number of aromatic nitrogens is 2. The summed E-state index contributed by atoms with van der Waals surface area (Å²) in [7, 11) is 1.73. The lowest BCUT2D eigenvalue weighted by Gasteiger charge is -2.12. The molecule has 0 aliphatic carbocycles. The first kappa shape index (κ1) is 12.1. The highest BCUT2D eigenvalue weighted by molar-refractivity contribution is 6.30. The van der Waals surface area contributed by atoms with Gasteiger partial charge in [-0.3, -0.25) is 4.68 Å². The van der Waals surface area contributed by atoms with Crippen LogP contribution >= 0.6 is 11.6 Å². The Labute approximate surface area is 103 Å². The van der Waals surface area contributed by atoms with Gasteiger partial charge in [0.25, 0.3) is 0 Å². The van der Waals surface area contributed by atoms with Crippen molar-refractivity contribution in [1.29, 1.82) is 0 Å². The first-order valence-corrected chi connectivity index (χ1v) is 5.56. The molecule has 1 aromatic heterocycles. The van der Waals surface area contributed by atoms with Crippen LogP contribution in [0.1, 0.15) is 17.4 Å². The van der Waals surface area contributed by atoms with Crippen LogP contribution < -0.4 is 0 Å². The largest absolute Gasteiger partial charge is 0.386 e. The standard InChI is InChI=1S/C12H12ClFN2O/c1-16-10(5-6-15-16)11(17)7-8-3-2-4-9(13)12(8)14/h2-6,11,17H,7H2,1H3. The summed E-state index contributed by atoms with van der Waals surface area (Å²) in [6.45, 7) is 0. The molecule has 1 heterocycles. The van der Waals surface area contributed by atoms with Crippen LogP contribution in [-0.2, 0) is 13.5 Å². The third-order valence-electron chi connectivity index (χ3n) is 2.65. The summed E-state index contributed by atoms with van der Waals surface area (Å²) in [6, 6.07) is 6.46. The van der Waals surface area contributed by atoms with E-state index in [1.165, 1.54) is 6.07 Å². The Kier molecular flexibility index (Phi) is 3.45. The fourth-order valence-electron chi connectivity index (χ4n) is 1.73. The zero-order chi connectivity index (χ0) is 12.4. The lowest BCUT2D eigenvalue weighted by Crippen LogP contribution is -2.09. The van der Waals surface area contributed by atoms with Crippen molar-refractivity contribution in [1.82, 2.24) is 9.78 Å². The highest BCUT2D eigenvalue weighted by Crippen LogP contribution is 2.23. The van der Waals surface area contributed by atoms with Crippen molar-refractivity contribution in [3.63, 3.8) is 0 Å². The predicted octanol–water partition coefficient (Wildman–Crippen LogP) is 2.49. The Morgan fingerprint density at radius 1 is 1.47 bits per heavy atom. The molecule has 2 aromatic rings. The molecular formula is C12H12ClFN2O. The molecule has 1 atom stereocenters. The number of aryl methyl sites for hydroxylation is 1. The first-order chi connectivity index (χ1) is 8.09. The van der Waals surface area contributed by atoms with Crippen LogP contribution in [-0.4, -0.2) is 14.9 Å². The maximum absolute atomic E-state index is 13.6. The van der Waals surface area contributed by atoms with Gasteiger partial charge in [-0.15, -0.1) is 0 Å². The Hall–Kier alpha value is -1.39. The van der Waals surface area contributed by atoms with Gasteiger partial charge >= 0.3 is 0 Å². The molecule has 3 nitrogen and oxygen atoms in total. The molecule has 90 valence electrons. The number of nitrogens with zero attached hydrogens (tertiary/aromatic N) is 2. The average Bonchev–Trinajstić information content (AvgIpc) is 2.71. The monoisotopic (exact) mass is 254 g/mol. The third kappa shape index (κ3) is 2.48. The Morgan fingerprint density at radius 3 is 2.88 bits per heavy atom. The van der Waals surface area contributed by atoms with E-state index in [1.807, 2.05) is 0 Å². The van der Waals surface area contributed by atoms with Crippen LogP contribution in [0.25, 0.3) is 0 Å². The van der Waals surface area contributed by atoms with Gasteiger partial charge in [0.1, 0.15) is 5.82 Å². The summed E-state index contributed by atoms with van der Waals surface area (Å²) in [4.78, 5) is 0. The third-order valence-corrected chi connectivity index (χ3v) is 2.94. The molecule has 1 aromatic carbocycles. The second kappa shape index (κ2) is 4.85. The number of aliphatic hydroxyl groups is 1. The van der Waals surface area contributed by atoms with Crippen molar-refractivity contribution < 1.29 is 9.50 Å². The quantitative estimate of drug-likeness (QED) is 0.914. The summed E-state index contributed by atoms with van der Waals surface area (Å²) >= 11 is 5.68. The molecule has 0 fully saturated rings. The number of rotatable bonds is 3. The van der Waals surface area contributed by atoms with Gasteiger partial charge in [0.15, 0.2) is 0 Å². The number of hydrogen-bond donors (Lipinski definition) is 1. The fraction of sp³-hybridized carbons (Fsp3) is 0.250. The molecule has 17 heavy (non-hydrogen) atoms. The summed E-state index contributed by atoms with van der Waals surface area (Å²) in [5.41, 5.74) is 1.04. The lowest BCUT2D eigenvalue weighted by atomic mass is 10.1. The topological polar surface area (TPSA) is 38.0 Å². The number of aliphatic hydroxyl groups excluding tert-OH is 1. The molecule has 0 saturated carbocycles. The van der Waals surface area contributed by atoms with Crippen LogP contribution in [0.2, 0.25) is 5.02 Å². The summed E-state index contributed by atoms with van der Waals surface area (Å²) in [5.74, 6) is -0.476. The van der Waals surface area contributed by atoms with E-state index < -0.39 is 11.9 Å². The predicted molar refractivity (Wildman–Crippen MR) is 63.3 cm³/mol. The molecule has 0 aliphatic heterocycles. The fourth-order valence-corrected chi connectivity index (χ4v) is 1.92. The summed E-state index contributed by atoms with van der Waals surface area (Å²) in [5, 5.41) is 14.0. The smallest absolute Gasteiger partial charge is 0.145 e. The average molecular weight is 255 g/mol. The van der Waals surface area contributed by atoms with Crippen LogP contribution in [0.4, 0.5) is 4.39 Å². The molecule has 1 N–H and O–H groups in total. The van der Waals surface area contributed by atoms with Crippen molar-refractivity contribution in [2.24, 2.45) is 7.05 Å². The van der Waals surface area contributed by atoms with E-state index in [2.05, 4.69) is 5.10 Å². The lowest BCUT2D eigenvalue weighted by molar-refractivity contribution is 0.167. The summed E-state index contributed by atoms with van der Waals surface area (Å²) in [6.07, 6.45) is 0.967. The van der Waals surface area contributed by atoms with E-state index in [1.54, 1.807) is 36.1 Å². The molecule has 0 aliphatic rings. The minimum Gasteiger partial charge on any atom is -0.386 e. The molecule has 0 radical (unpaired) electrons. The van der Waals surface area contributed by atoms with Gasteiger partial charge in [-0.25, -0.2) is 4.39 Å². The van der Waals surface area contributed by atoms with E-state index in [9.17, 15) is 9.50 Å². The minimum atomic E-state index is -0.796. The van der Waals surface area contributed by atoms with Gasteiger partial charge in [-0.2, -0.15) is 5.10 Å². The molecule has 2 rings (SSSR count). The van der Waals surface area contributed by atoms with E-state index in [-0.39, 0.29) is 11.4 Å². The maximum Gasteiger partial charge on any atom is 0.145 e. The molecule has 0 spiro atoms. The zero-order valence-corrected chi connectivity index (χ0v) is 10.0. The molecule has 0 bridgehead atoms. The van der Waals surface area contributed by atoms with Crippen molar-refractivity contribution in [3.8, 4) is 0 Å². The van der Waals surface area contributed by atoms with Gasteiger partial charge in [0.2, 0.25) is 0 Å². The molecule has 0 saturated heterocycles. The molecule has 5 heteroatoms. The van der Waals surface area contributed by atoms with Crippen LogP contribution in [0.3, 0.4) is 0 Å². The van der Waals surface area contributed by atoms with Crippen LogP contribution in [0, 0.1) is 5.82 Å². The SMILES string of the molecule is Cn1nccc1C(O)Cc1cccc(Cl)c1F. The van der Waals surface area contributed by atoms with Crippen molar-refractivity contribution in [3.05, 3.63) is 52.6 Å². The number of benzene rings is 1.